The molecular formula is C23H29F3N2O3. The number of ether oxygens (including phenoxy) is 1. The van der Waals surface area contributed by atoms with Crippen LogP contribution in [0, 0.1) is 11.3 Å². The van der Waals surface area contributed by atoms with Gasteiger partial charge in [-0.3, -0.25) is 14.6 Å². The highest BCUT2D eigenvalue weighted by molar-refractivity contribution is 6.05. The molecule has 0 bridgehead atoms. The first-order valence-corrected chi connectivity index (χ1v) is 10.3. The molecule has 0 radical (unpaired) electrons. The lowest BCUT2D eigenvalue weighted by molar-refractivity contribution is -0.146. The van der Waals surface area contributed by atoms with Gasteiger partial charge in [0.25, 0.3) is 0 Å². The average Bonchev–Trinajstić information content (AvgIpc) is 2.73. The van der Waals surface area contributed by atoms with Gasteiger partial charge in [0, 0.05) is 29.3 Å². The van der Waals surface area contributed by atoms with E-state index in [1.54, 1.807) is 25.3 Å². The Kier molecular flexibility index (Phi) is 7.68. The molecule has 0 amide bonds. The van der Waals surface area contributed by atoms with Gasteiger partial charge in [-0.2, -0.15) is 13.2 Å². The van der Waals surface area contributed by atoms with Gasteiger partial charge in [-0.1, -0.05) is 45.3 Å². The molecule has 0 aliphatic heterocycles. The number of halogens is 3. The van der Waals surface area contributed by atoms with Crippen molar-refractivity contribution < 1.29 is 27.5 Å². The van der Waals surface area contributed by atoms with E-state index in [0.717, 1.165) is 0 Å². The van der Waals surface area contributed by atoms with Crippen molar-refractivity contribution in [1.29, 1.82) is 0 Å². The van der Waals surface area contributed by atoms with Crippen LogP contribution in [0.25, 0.3) is 0 Å². The zero-order chi connectivity index (χ0) is 23.4. The lowest BCUT2D eigenvalue weighted by atomic mass is 9.57. The number of hydrogen-bond donors (Lipinski definition) is 1. The number of aromatic nitrogens is 1. The van der Waals surface area contributed by atoms with Gasteiger partial charge in [0.1, 0.15) is 5.70 Å². The molecule has 0 spiro atoms. The van der Waals surface area contributed by atoms with Crippen LogP contribution in [0.4, 0.5) is 13.2 Å². The summed E-state index contributed by atoms with van der Waals surface area (Å²) < 4.78 is 45.3. The number of methoxy groups -OCH3 is 1. The van der Waals surface area contributed by atoms with Crippen molar-refractivity contribution in [3.05, 3.63) is 53.0 Å². The highest BCUT2D eigenvalue weighted by Gasteiger charge is 2.53. The number of hydrogen-bond acceptors (Lipinski definition) is 5. The quantitative estimate of drug-likeness (QED) is 0.486. The summed E-state index contributed by atoms with van der Waals surface area (Å²) in [7, 11) is 1.25. The third-order valence-corrected chi connectivity index (χ3v) is 5.91. The summed E-state index contributed by atoms with van der Waals surface area (Å²) in [5.74, 6) is -2.83. The van der Waals surface area contributed by atoms with E-state index in [1.165, 1.54) is 19.4 Å². The monoisotopic (exact) mass is 438 g/mol. The molecule has 1 aliphatic carbocycles. The second-order valence-corrected chi connectivity index (χ2v) is 8.06. The van der Waals surface area contributed by atoms with Crippen LogP contribution in [0.2, 0.25) is 0 Å². The van der Waals surface area contributed by atoms with Gasteiger partial charge < -0.3 is 10.5 Å². The Hall–Kier alpha value is -2.64. The molecule has 0 saturated heterocycles. The van der Waals surface area contributed by atoms with Crippen LogP contribution in [0.15, 0.2) is 47.4 Å². The maximum atomic E-state index is 13.5. The van der Waals surface area contributed by atoms with Gasteiger partial charge in [-0.15, -0.1) is 0 Å². The van der Waals surface area contributed by atoms with Gasteiger partial charge >= 0.3 is 12.1 Å². The molecular weight excluding hydrogens is 409 g/mol. The largest absolute Gasteiger partial charge is 0.469 e. The van der Waals surface area contributed by atoms with Crippen molar-refractivity contribution in [2.24, 2.45) is 17.1 Å². The molecule has 0 saturated carbocycles. The number of allylic oxidation sites excluding steroid dienone is 4. The summed E-state index contributed by atoms with van der Waals surface area (Å²) in [6, 6.07) is 3.38. The molecule has 5 nitrogen and oxygen atoms in total. The Morgan fingerprint density at radius 3 is 2.48 bits per heavy atom. The molecule has 3 atom stereocenters. The highest BCUT2D eigenvalue weighted by Crippen LogP contribution is 2.52. The topological polar surface area (TPSA) is 82.3 Å². The SMILES string of the molecule is CCCC1=CC(=C(N)C(F)(F)F)C(=O)C(C)(CCC)C1C(C(=O)OC)c1cccnc1. The number of carbonyl (C=O) groups excluding carboxylic acids is 2. The summed E-state index contributed by atoms with van der Waals surface area (Å²) in [5.41, 5.74) is 3.33. The van der Waals surface area contributed by atoms with E-state index >= 15 is 0 Å². The smallest absolute Gasteiger partial charge is 0.431 e. The van der Waals surface area contributed by atoms with Crippen LogP contribution in [-0.4, -0.2) is 30.0 Å². The maximum Gasteiger partial charge on any atom is 0.431 e. The first-order chi connectivity index (χ1) is 14.5. The van der Waals surface area contributed by atoms with Crippen LogP contribution >= 0.6 is 0 Å². The first kappa shape index (κ1) is 24.6. The minimum absolute atomic E-state index is 0.292. The third-order valence-electron chi connectivity index (χ3n) is 5.91. The summed E-state index contributed by atoms with van der Waals surface area (Å²) >= 11 is 0. The second kappa shape index (κ2) is 9.66. The second-order valence-electron chi connectivity index (χ2n) is 8.06. The van der Waals surface area contributed by atoms with Crippen molar-refractivity contribution >= 4 is 11.8 Å². The standard InChI is InChI=1S/C23H29F3N2O3/c1-5-8-14-12-16(19(27)23(24,25)26)20(29)22(3,10-6-2)18(14)17(21(30)31-4)15-9-7-11-28-13-15/h7,9,11-13,17-18H,5-6,8,10,27H2,1-4H3. The molecule has 3 unspecified atom stereocenters. The normalized spacial score (nSPS) is 24.4. The first-order valence-electron chi connectivity index (χ1n) is 10.3. The van der Waals surface area contributed by atoms with E-state index in [1.807, 2.05) is 13.8 Å². The van der Waals surface area contributed by atoms with E-state index in [-0.39, 0.29) is 0 Å². The number of pyridine rings is 1. The molecule has 8 heteroatoms. The van der Waals surface area contributed by atoms with Gasteiger partial charge in [0.05, 0.1) is 13.0 Å². The lowest BCUT2D eigenvalue weighted by Gasteiger charge is -2.45. The van der Waals surface area contributed by atoms with Gasteiger partial charge in [-0.05, 0) is 30.5 Å². The van der Waals surface area contributed by atoms with Crippen LogP contribution in [-0.2, 0) is 14.3 Å². The number of nitrogens with zero attached hydrogens (tertiary/aromatic N) is 1. The fourth-order valence-electron chi connectivity index (χ4n) is 4.59. The molecule has 0 aromatic carbocycles. The predicted octanol–water partition coefficient (Wildman–Crippen LogP) is 4.85. The van der Waals surface area contributed by atoms with Gasteiger partial charge in [0.15, 0.2) is 5.78 Å². The number of rotatable bonds is 7. The summed E-state index contributed by atoms with van der Waals surface area (Å²) in [4.78, 5) is 30.5. The van der Waals surface area contributed by atoms with E-state index in [9.17, 15) is 22.8 Å². The summed E-state index contributed by atoms with van der Waals surface area (Å²) in [6.45, 7) is 5.36. The fourth-order valence-corrected chi connectivity index (χ4v) is 4.59. The molecule has 31 heavy (non-hydrogen) atoms. The number of carbonyl (C=O) groups is 2. The summed E-state index contributed by atoms with van der Waals surface area (Å²) in [5, 5.41) is 0. The van der Waals surface area contributed by atoms with Crippen LogP contribution in [0.3, 0.4) is 0 Å². The van der Waals surface area contributed by atoms with E-state index < -0.39 is 46.4 Å². The third kappa shape index (κ3) is 4.83. The van der Waals surface area contributed by atoms with E-state index in [4.69, 9.17) is 10.5 Å². The lowest BCUT2D eigenvalue weighted by Crippen LogP contribution is -2.46. The van der Waals surface area contributed by atoms with Crippen molar-refractivity contribution in [3.63, 3.8) is 0 Å². The maximum absolute atomic E-state index is 13.5. The minimum atomic E-state index is -4.83. The number of Topliss-reactive ketones (excluding diaryl/α,β-unsaturated/α-hetero) is 1. The highest BCUT2D eigenvalue weighted by atomic mass is 19.4. The molecule has 1 aromatic rings. The number of ketones is 1. The van der Waals surface area contributed by atoms with Crippen LogP contribution < -0.4 is 5.73 Å². The van der Waals surface area contributed by atoms with E-state index in [0.29, 0.717) is 36.8 Å². The van der Waals surface area contributed by atoms with Crippen molar-refractivity contribution in [2.75, 3.05) is 7.11 Å². The molecule has 0 fully saturated rings. The Bertz CT molecular complexity index is 878. The van der Waals surface area contributed by atoms with Gasteiger partial charge in [0.2, 0.25) is 0 Å². The number of nitrogens with two attached hydrogens (primary N) is 1. The zero-order valence-electron chi connectivity index (χ0n) is 18.3. The van der Waals surface area contributed by atoms with Crippen LogP contribution in [0.5, 0.6) is 0 Å². The van der Waals surface area contributed by atoms with E-state index in [2.05, 4.69) is 4.98 Å². The van der Waals surface area contributed by atoms with Crippen molar-refractivity contribution in [2.45, 2.75) is 58.5 Å². The number of alkyl halides is 3. The van der Waals surface area contributed by atoms with Crippen molar-refractivity contribution in [3.8, 4) is 0 Å². The van der Waals surface area contributed by atoms with Crippen LogP contribution in [0.1, 0.15) is 57.9 Å². The fraction of sp³-hybridized carbons (Fsp3) is 0.522. The van der Waals surface area contributed by atoms with Gasteiger partial charge in [-0.25, -0.2) is 0 Å². The minimum Gasteiger partial charge on any atom is -0.469 e. The predicted molar refractivity (Wildman–Crippen MR) is 111 cm³/mol. The summed E-state index contributed by atoms with van der Waals surface area (Å²) in [6.07, 6.45) is 1.36. The number of esters is 1. The Morgan fingerprint density at radius 1 is 1.32 bits per heavy atom. The Balaban J connectivity index is 2.86. The average molecular weight is 438 g/mol. The molecule has 1 aromatic heterocycles. The Morgan fingerprint density at radius 2 is 2.00 bits per heavy atom. The molecule has 2 N–H and O–H groups in total. The molecule has 1 aliphatic rings. The zero-order valence-corrected chi connectivity index (χ0v) is 18.3. The van der Waals surface area contributed by atoms with Crippen molar-refractivity contribution in [1.82, 2.24) is 4.98 Å². The molecule has 1 heterocycles. The molecule has 2 rings (SSSR count). The Labute approximate surface area is 180 Å². The molecule has 170 valence electrons.